The fourth-order valence-corrected chi connectivity index (χ4v) is 2.19. The first-order valence-electron chi connectivity index (χ1n) is 6.89. The van der Waals surface area contributed by atoms with Crippen LogP contribution in [-0.2, 0) is 0 Å². The fraction of sp³-hybridized carbons (Fsp3) is 0. The predicted octanol–water partition coefficient (Wildman–Crippen LogP) is 3.17. The molecule has 0 spiro atoms. The molecule has 24 heavy (non-hydrogen) atoms. The van der Waals surface area contributed by atoms with Crippen molar-refractivity contribution in [3.8, 4) is 5.69 Å². The minimum Gasteiger partial charge on any atom is -0.319 e. The van der Waals surface area contributed by atoms with Gasteiger partial charge in [0.1, 0.15) is 11.5 Å². The second-order valence-electron chi connectivity index (χ2n) is 4.86. The van der Waals surface area contributed by atoms with Crippen LogP contribution in [0.3, 0.4) is 0 Å². The summed E-state index contributed by atoms with van der Waals surface area (Å²) in [5.41, 5.74) is 0.0757. The van der Waals surface area contributed by atoms with Crippen LogP contribution >= 0.6 is 0 Å². The van der Waals surface area contributed by atoms with Crippen molar-refractivity contribution in [1.29, 1.82) is 0 Å². The summed E-state index contributed by atoms with van der Waals surface area (Å²) >= 11 is 0. The van der Waals surface area contributed by atoms with E-state index in [4.69, 9.17) is 0 Å². The summed E-state index contributed by atoms with van der Waals surface area (Å²) < 4.78 is 15.1. The van der Waals surface area contributed by atoms with Crippen LogP contribution < -0.4 is 5.32 Å². The molecule has 0 saturated heterocycles. The van der Waals surface area contributed by atoms with Crippen molar-refractivity contribution in [1.82, 2.24) is 9.55 Å². The lowest BCUT2D eigenvalue weighted by molar-refractivity contribution is -0.384. The van der Waals surface area contributed by atoms with E-state index in [2.05, 4.69) is 10.3 Å². The second-order valence-corrected chi connectivity index (χ2v) is 4.86. The van der Waals surface area contributed by atoms with Gasteiger partial charge in [0, 0.05) is 24.0 Å². The molecule has 7 nitrogen and oxygen atoms in total. The Morgan fingerprint density at radius 3 is 2.71 bits per heavy atom. The zero-order chi connectivity index (χ0) is 17.1. The number of rotatable bonds is 4. The molecule has 1 aromatic heterocycles. The van der Waals surface area contributed by atoms with Crippen molar-refractivity contribution in [2.45, 2.75) is 0 Å². The third-order valence-electron chi connectivity index (χ3n) is 3.34. The average Bonchev–Trinajstić information content (AvgIpc) is 3.10. The van der Waals surface area contributed by atoms with E-state index in [-0.39, 0.29) is 22.6 Å². The first kappa shape index (κ1) is 15.3. The number of nitrogens with zero attached hydrogens (tertiary/aromatic N) is 3. The minimum atomic E-state index is -0.639. The monoisotopic (exact) mass is 326 g/mol. The highest BCUT2D eigenvalue weighted by atomic mass is 19.1. The molecular formula is C16H11FN4O3. The fourth-order valence-electron chi connectivity index (χ4n) is 2.19. The maximum Gasteiger partial charge on any atom is 0.294 e. The van der Waals surface area contributed by atoms with Gasteiger partial charge in [0.25, 0.3) is 11.6 Å². The van der Waals surface area contributed by atoms with Crippen LogP contribution in [0.1, 0.15) is 10.4 Å². The average molecular weight is 326 g/mol. The maximum atomic E-state index is 13.6. The summed E-state index contributed by atoms with van der Waals surface area (Å²) in [5, 5.41) is 13.7. The highest BCUT2D eigenvalue weighted by molar-refractivity contribution is 6.05. The summed E-state index contributed by atoms with van der Waals surface area (Å²) in [6, 6.07) is 9.70. The smallest absolute Gasteiger partial charge is 0.294 e. The number of para-hydroxylation sites is 1. The van der Waals surface area contributed by atoms with Gasteiger partial charge in [-0.1, -0.05) is 12.1 Å². The Labute approximate surface area is 135 Å². The summed E-state index contributed by atoms with van der Waals surface area (Å²) in [6.07, 6.45) is 4.46. The van der Waals surface area contributed by atoms with Gasteiger partial charge in [-0.3, -0.25) is 14.9 Å². The number of carbonyl (C=O) groups excluding carboxylic acids is 1. The molecule has 1 N–H and O–H groups in total. The molecular weight excluding hydrogens is 315 g/mol. The minimum absolute atomic E-state index is 0.00355. The highest BCUT2D eigenvalue weighted by Gasteiger charge is 2.19. The first-order chi connectivity index (χ1) is 11.6. The van der Waals surface area contributed by atoms with Crippen molar-refractivity contribution in [2.24, 2.45) is 0 Å². The largest absolute Gasteiger partial charge is 0.319 e. The Morgan fingerprint density at radius 1 is 1.25 bits per heavy atom. The van der Waals surface area contributed by atoms with Crippen LogP contribution in [-0.4, -0.2) is 20.4 Å². The third-order valence-corrected chi connectivity index (χ3v) is 3.34. The van der Waals surface area contributed by atoms with Crippen LogP contribution in [0.5, 0.6) is 0 Å². The SMILES string of the molecule is O=C(Nc1ccccc1F)c1ccc(-n2ccnc2)c([N+](=O)[O-])c1. The van der Waals surface area contributed by atoms with Gasteiger partial charge in [0.15, 0.2) is 0 Å². The van der Waals surface area contributed by atoms with E-state index in [1.54, 1.807) is 12.3 Å². The number of benzene rings is 2. The topological polar surface area (TPSA) is 90.1 Å². The number of amides is 1. The lowest BCUT2D eigenvalue weighted by Crippen LogP contribution is -2.13. The number of nitro benzene ring substituents is 1. The molecule has 1 amide bonds. The third kappa shape index (κ3) is 2.98. The highest BCUT2D eigenvalue weighted by Crippen LogP contribution is 2.25. The van der Waals surface area contributed by atoms with E-state index in [0.29, 0.717) is 0 Å². The number of carbonyl (C=O) groups is 1. The Hall–Kier alpha value is -3.55. The lowest BCUT2D eigenvalue weighted by atomic mass is 10.1. The van der Waals surface area contributed by atoms with Crippen LogP contribution in [0.2, 0.25) is 0 Å². The molecule has 0 aliphatic rings. The Morgan fingerprint density at radius 2 is 2.04 bits per heavy atom. The number of halogens is 1. The van der Waals surface area contributed by atoms with Gasteiger partial charge in [0.2, 0.25) is 0 Å². The van der Waals surface area contributed by atoms with E-state index in [1.165, 1.54) is 47.4 Å². The van der Waals surface area contributed by atoms with Crippen molar-refractivity contribution in [2.75, 3.05) is 5.32 Å². The summed E-state index contributed by atoms with van der Waals surface area (Å²) in [7, 11) is 0. The van der Waals surface area contributed by atoms with Gasteiger partial charge in [-0.2, -0.15) is 0 Å². The van der Waals surface area contributed by atoms with Crippen molar-refractivity contribution in [3.05, 3.63) is 82.7 Å². The summed E-state index contributed by atoms with van der Waals surface area (Å²) in [6.45, 7) is 0. The van der Waals surface area contributed by atoms with Gasteiger partial charge >= 0.3 is 0 Å². The van der Waals surface area contributed by atoms with E-state index < -0.39 is 16.6 Å². The zero-order valence-electron chi connectivity index (χ0n) is 12.2. The molecule has 8 heteroatoms. The number of nitro groups is 1. The number of imidazole rings is 1. The molecule has 3 rings (SSSR count). The van der Waals surface area contributed by atoms with Gasteiger partial charge in [-0.05, 0) is 24.3 Å². The molecule has 0 aliphatic heterocycles. The number of nitrogens with one attached hydrogen (secondary N) is 1. The maximum absolute atomic E-state index is 13.6. The van der Waals surface area contributed by atoms with Gasteiger partial charge in [-0.25, -0.2) is 9.37 Å². The van der Waals surface area contributed by atoms with Crippen LogP contribution in [0.15, 0.2) is 61.2 Å². The van der Waals surface area contributed by atoms with Gasteiger partial charge in [0.05, 0.1) is 16.9 Å². The predicted molar refractivity (Wildman–Crippen MR) is 84.6 cm³/mol. The summed E-state index contributed by atoms with van der Waals surface area (Å²) in [5.74, 6) is -1.23. The van der Waals surface area contributed by atoms with E-state index in [1.807, 2.05) is 0 Å². The standard InChI is InChI=1S/C16H11FN4O3/c17-12-3-1-2-4-13(12)19-16(22)11-5-6-14(15(9-11)21(23)24)20-8-7-18-10-20/h1-10H,(H,19,22). The number of hydrogen-bond acceptors (Lipinski definition) is 4. The molecule has 2 aromatic carbocycles. The quantitative estimate of drug-likeness (QED) is 0.589. The van der Waals surface area contributed by atoms with E-state index in [0.717, 1.165) is 6.07 Å². The van der Waals surface area contributed by atoms with E-state index in [9.17, 15) is 19.3 Å². The Kier molecular flexibility index (Phi) is 4.02. The van der Waals surface area contributed by atoms with Crippen LogP contribution in [0.25, 0.3) is 5.69 Å². The molecule has 1 heterocycles. The van der Waals surface area contributed by atoms with Crippen molar-refractivity contribution >= 4 is 17.3 Å². The Bertz CT molecular complexity index is 909. The molecule has 0 radical (unpaired) electrons. The number of hydrogen-bond donors (Lipinski definition) is 1. The van der Waals surface area contributed by atoms with Gasteiger partial charge < -0.3 is 9.88 Å². The molecule has 0 fully saturated rings. The molecule has 0 aliphatic carbocycles. The molecule has 0 saturated carbocycles. The van der Waals surface area contributed by atoms with Crippen molar-refractivity contribution < 1.29 is 14.1 Å². The van der Waals surface area contributed by atoms with Crippen LogP contribution in [0.4, 0.5) is 15.8 Å². The second kappa shape index (κ2) is 6.29. The molecule has 0 unspecified atom stereocenters. The normalized spacial score (nSPS) is 10.4. The summed E-state index contributed by atoms with van der Waals surface area (Å²) in [4.78, 5) is 26.8. The Balaban J connectivity index is 1.94. The molecule has 0 bridgehead atoms. The number of aromatic nitrogens is 2. The van der Waals surface area contributed by atoms with Crippen molar-refractivity contribution in [3.63, 3.8) is 0 Å². The molecule has 120 valence electrons. The zero-order valence-corrected chi connectivity index (χ0v) is 12.2. The molecule has 3 aromatic rings. The lowest BCUT2D eigenvalue weighted by Gasteiger charge is -2.08. The number of anilines is 1. The van der Waals surface area contributed by atoms with Crippen LogP contribution in [0, 0.1) is 15.9 Å². The van der Waals surface area contributed by atoms with Gasteiger partial charge in [-0.15, -0.1) is 0 Å². The molecule has 0 atom stereocenters. The van der Waals surface area contributed by atoms with E-state index >= 15 is 0 Å². The first-order valence-corrected chi connectivity index (χ1v) is 6.89.